The molecule has 0 aromatic heterocycles. The number of aliphatic hydroxyl groups is 1. The quantitative estimate of drug-likeness (QED) is 0.516. The van der Waals surface area contributed by atoms with Gasteiger partial charge in [0.2, 0.25) is 0 Å². The average Bonchev–Trinajstić information content (AvgIpc) is 3.23. The molecular formula is C27H32F2N2O. The minimum atomic E-state index is -0.823. The first kappa shape index (κ1) is 22.8. The number of rotatable bonds is 8. The zero-order chi connectivity index (χ0) is 22.7. The van der Waals surface area contributed by atoms with E-state index in [1.165, 1.54) is 22.4 Å². The Hall–Kier alpha value is -2.34. The van der Waals surface area contributed by atoms with Crippen molar-refractivity contribution in [3.63, 3.8) is 0 Å². The van der Waals surface area contributed by atoms with Crippen molar-refractivity contribution >= 4 is 10.8 Å². The molecule has 1 aliphatic rings. The average molecular weight is 439 g/mol. The number of aliphatic hydroxyl groups excluding tert-OH is 1. The molecule has 1 heterocycles. The minimum absolute atomic E-state index is 0.0679. The Morgan fingerprint density at radius 3 is 2.66 bits per heavy atom. The molecule has 5 heteroatoms. The molecule has 3 aromatic carbocycles. The number of fused-ring (bicyclic) bond motifs is 1. The summed E-state index contributed by atoms with van der Waals surface area (Å²) in [6.45, 7) is 5.82. The summed E-state index contributed by atoms with van der Waals surface area (Å²) in [6, 6.07) is 19.1. The molecule has 2 atom stereocenters. The van der Waals surface area contributed by atoms with Crippen molar-refractivity contribution in [1.29, 1.82) is 0 Å². The van der Waals surface area contributed by atoms with Crippen LogP contribution in [-0.4, -0.2) is 40.8 Å². The topological polar surface area (TPSA) is 35.5 Å². The Labute approximate surface area is 189 Å². The lowest BCUT2D eigenvalue weighted by Crippen LogP contribution is -2.50. The van der Waals surface area contributed by atoms with Crippen LogP contribution < -0.4 is 5.32 Å². The molecule has 3 nitrogen and oxygen atoms in total. The van der Waals surface area contributed by atoms with Crippen LogP contribution in [0.3, 0.4) is 0 Å². The van der Waals surface area contributed by atoms with Crippen molar-refractivity contribution in [2.75, 3.05) is 13.1 Å². The number of benzene rings is 3. The maximum absolute atomic E-state index is 14.1. The predicted octanol–water partition coefficient (Wildman–Crippen LogP) is 5.05. The summed E-state index contributed by atoms with van der Waals surface area (Å²) in [5.74, 6) is -1.61. The number of hydrogen-bond acceptors (Lipinski definition) is 3. The van der Waals surface area contributed by atoms with Crippen LogP contribution in [0.4, 0.5) is 8.78 Å². The standard InChI is InChI=1S/C27H32F2N2O/c1-27(2,16-19-12-13-20-7-3-4-8-21(20)15-19)30-17-25(32)24-11-6-14-31(24)18-22-9-5-10-23(28)26(22)29/h3-5,7-10,12-13,15,24-25,30,32H,6,11,14,16-18H2,1-2H3/t24-,25-/m1/s1. The van der Waals surface area contributed by atoms with Gasteiger partial charge in [0, 0.05) is 30.2 Å². The Morgan fingerprint density at radius 1 is 1.06 bits per heavy atom. The van der Waals surface area contributed by atoms with Gasteiger partial charge in [0.25, 0.3) is 0 Å². The second-order valence-corrected chi connectivity index (χ2v) is 9.58. The van der Waals surface area contributed by atoms with E-state index in [2.05, 4.69) is 60.5 Å². The van der Waals surface area contributed by atoms with Gasteiger partial charge in [-0.2, -0.15) is 0 Å². The fourth-order valence-electron chi connectivity index (χ4n) is 4.81. The first-order chi connectivity index (χ1) is 15.3. The zero-order valence-electron chi connectivity index (χ0n) is 18.8. The smallest absolute Gasteiger partial charge is 0.163 e. The van der Waals surface area contributed by atoms with Crippen LogP contribution >= 0.6 is 0 Å². The van der Waals surface area contributed by atoms with E-state index < -0.39 is 17.7 Å². The molecule has 3 aromatic rings. The Morgan fingerprint density at radius 2 is 1.84 bits per heavy atom. The van der Waals surface area contributed by atoms with Crippen LogP contribution in [0.5, 0.6) is 0 Å². The first-order valence-electron chi connectivity index (χ1n) is 11.4. The highest BCUT2D eigenvalue weighted by Crippen LogP contribution is 2.25. The van der Waals surface area contributed by atoms with Gasteiger partial charge in [0.05, 0.1) is 6.10 Å². The van der Waals surface area contributed by atoms with Crippen LogP contribution in [0.2, 0.25) is 0 Å². The summed E-state index contributed by atoms with van der Waals surface area (Å²) < 4.78 is 27.7. The Kier molecular flexibility index (Phi) is 6.89. The van der Waals surface area contributed by atoms with E-state index in [4.69, 9.17) is 0 Å². The number of nitrogens with one attached hydrogen (secondary N) is 1. The molecule has 0 amide bonds. The predicted molar refractivity (Wildman–Crippen MR) is 126 cm³/mol. The highest BCUT2D eigenvalue weighted by molar-refractivity contribution is 5.83. The van der Waals surface area contributed by atoms with Crippen LogP contribution in [0, 0.1) is 11.6 Å². The molecular weight excluding hydrogens is 406 g/mol. The summed E-state index contributed by atoms with van der Waals surface area (Å²) in [6.07, 6.45) is 2.06. The van der Waals surface area contributed by atoms with Crippen LogP contribution in [0.1, 0.15) is 37.8 Å². The lowest BCUT2D eigenvalue weighted by Gasteiger charge is -2.33. The van der Waals surface area contributed by atoms with Crippen molar-refractivity contribution in [3.8, 4) is 0 Å². The molecule has 0 spiro atoms. The fraction of sp³-hybridized carbons (Fsp3) is 0.407. The number of hydrogen-bond donors (Lipinski definition) is 2. The fourth-order valence-corrected chi connectivity index (χ4v) is 4.81. The van der Waals surface area contributed by atoms with E-state index in [-0.39, 0.29) is 11.6 Å². The van der Waals surface area contributed by atoms with E-state index in [0.29, 0.717) is 18.7 Å². The van der Waals surface area contributed by atoms with Crippen LogP contribution in [0.25, 0.3) is 10.8 Å². The van der Waals surface area contributed by atoms with E-state index in [1.54, 1.807) is 6.07 Å². The number of halogens is 2. The third kappa shape index (κ3) is 5.34. The number of nitrogens with zero attached hydrogens (tertiary/aromatic N) is 1. The molecule has 170 valence electrons. The summed E-state index contributed by atoms with van der Waals surface area (Å²) in [5, 5.41) is 16.9. The van der Waals surface area contributed by atoms with Crippen molar-refractivity contribution < 1.29 is 13.9 Å². The van der Waals surface area contributed by atoms with Gasteiger partial charge in [-0.15, -0.1) is 0 Å². The highest BCUT2D eigenvalue weighted by atomic mass is 19.2. The van der Waals surface area contributed by atoms with Crippen LogP contribution in [-0.2, 0) is 13.0 Å². The van der Waals surface area contributed by atoms with Crippen molar-refractivity contribution in [1.82, 2.24) is 10.2 Å². The van der Waals surface area contributed by atoms with Gasteiger partial charge in [0.1, 0.15) is 0 Å². The summed E-state index contributed by atoms with van der Waals surface area (Å²) in [7, 11) is 0. The summed E-state index contributed by atoms with van der Waals surface area (Å²) in [5.41, 5.74) is 1.40. The Bertz CT molecular complexity index is 1070. The lowest BCUT2D eigenvalue weighted by atomic mass is 9.93. The van der Waals surface area contributed by atoms with E-state index in [9.17, 15) is 13.9 Å². The van der Waals surface area contributed by atoms with Gasteiger partial charge < -0.3 is 10.4 Å². The molecule has 0 aliphatic carbocycles. The van der Waals surface area contributed by atoms with E-state index in [1.807, 2.05) is 6.07 Å². The van der Waals surface area contributed by atoms with Crippen molar-refractivity contribution in [2.24, 2.45) is 0 Å². The second-order valence-electron chi connectivity index (χ2n) is 9.58. The maximum Gasteiger partial charge on any atom is 0.163 e. The summed E-state index contributed by atoms with van der Waals surface area (Å²) >= 11 is 0. The maximum atomic E-state index is 14.1. The van der Waals surface area contributed by atoms with E-state index >= 15 is 0 Å². The third-order valence-electron chi connectivity index (χ3n) is 6.51. The molecule has 1 aliphatic heterocycles. The van der Waals surface area contributed by atoms with Gasteiger partial charge in [-0.1, -0.05) is 54.6 Å². The molecule has 0 saturated carbocycles. The molecule has 4 rings (SSSR count). The monoisotopic (exact) mass is 438 g/mol. The third-order valence-corrected chi connectivity index (χ3v) is 6.51. The molecule has 1 saturated heterocycles. The highest BCUT2D eigenvalue weighted by Gasteiger charge is 2.32. The molecule has 0 unspecified atom stereocenters. The Balaban J connectivity index is 1.35. The molecule has 1 fully saturated rings. The van der Waals surface area contributed by atoms with Gasteiger partial charge in [-0.05, 0) is 62.1 Å². The number of likely N-dealkylation sites (tertiary alicyclic amines) is 1. The first-order valence-corrected chi connectivity index (χ1v) is 11.4. The SMILES string of the molecule is CC(C)(Cc1ccc2ccccc2c1)NC[C@@H](O)[C@H]1CCCN1Cc1cccc(F)c1F. The molecule has 32 heavy (non-hydrogen) atoms. The van der Waals surface area contributed by atoms with E-state index in [0.717, 1.165) is 31.9 Å². The molecule has 0 bridgehead atoms. The summed E-state index contributed by atoms with van der Waals surface area (Å²) in [4.78, 5) is 2.07. The second kappa shape index (κ2) is 9.65. The van der Waals surface area contributed by atoms with Gasteiger partial charge in [-0.25, -0.2) is 8.78 Å². The van der Waals surface area contributed by atoms with Crippen molar-refractivity contribution in [3.05, 3.63) is 83.4 Å². The van der Waals surface area contributed by atoms with Gasteiger partial charge >= 0.3 is 0 Å². The van der Waals surface area contributed by atoms with Crippen molar-refractivity contribution in [2.45, 2.75) is 57.3 Å². The zero-order valence-corrected chi connectivity index (χ0v) is 18.8. The molecule has 0 radical (unpaired) electrons. The number of β-amino-alcohol motifs (C(OH)–C–C–N with tert-alkyl or cyclic N) is 1. The largest absolute Gasteiger partial charge is 0.390 e. The molecule has 2 N–H and O–H groups in total. The van der Waals surface area contributed by atoms with Gasteiger partial charge in [-0.3, -0.25) is 4.90 Å². The minimum Gasteiger partial charge on any atom is -0.390 e. The normalized spacial score (nSPS) is 18.3. The lowest BCUT2D eigenvalue weighted by molar-refractivity contribution is 0.0627. The van der Waals surface area contributed by atoms with Gasteiger partial charge in [0.15, 0.2) is 11.6 Å². The van der Waals surface area contributed by atoms with Crippen LogP contribution in [0.15, 0.2) is 60.7 Å².